The van der Waals surface area contributed by atoms with Crippen LogP contribution in [0.15, 0.2) is 30.5 Å². The molecule has 0 saturated carbocycles. The van der Waals surface area contributed by atoms with Crippen molar-refractivity contribution in [1.29, 1.82) is 0 Å². The standard InChI is InChI=1S/C20H27N3O4S/c1-27-12-11-23-14-18(17-4-2-3-5-19(17)23)20(24)22-9-7-21(8-10-22)16-6-13-28(25,26)15-16/h2-5,14,16H,6-13,15H2,1H3/t16-/m1/s1. The molecule has 1 atom stereocenters. The predicted molar refractivity (Wildman–Crippen MR) is 108 cm³/mol. The van der Waals surface area contributed by atoms with E-state index in [1.54, 1.807) is 7.11 Å². The highest BCUT2D eigenvalue weighted by molar-refractivity contribution is 7.91. The topological polar surface area (TPSA) is 71.8 Å². The molecule has 2 aromatic rings. The molecule has 7 nitrogen and oxygen atoms in total. The average molecular weight is 406 g/mol. The van der Waals surface area contributed by atoms with Crippen LogP contribution in [-0.4, -0.2) is 86.1 Å². The molecule has 2 fully saturated rings. The van der Waals surface area contributed by atoms with Gasteiger partial charge in [-0.05, 0) is 12.5 Å². The average Bonchev–Trinajstić information content (AvgIpc) is 3.26. The molecule has 2 aliphatic heterocycles. The maximum Gasteiger partial charge on any atom is 0.256 e. The summed E-state index contributed by atoms with van der Waals surface area (Å²) in [6.45, 7) is 4.02. The monoisotopic (exact) mass is 405 g/mol. The molecule has 0 aliphatic carbocycles. The van der Waals surface area contributed by atoms with Crippen molar-refractivity contribution in [2.24, 2.45) is 0 Å². The number of rotatable bonds is 5. The van der Waals surface area contributed by atoms with E-state index >= 15 is 0 Å². The van der Waals surface area contributed by atoms with Crippen LogP contribution < -0.4 is 0 Å². The molecule has 0 unspecified atom stereocenters. The highest BCUT2D eigenvalue weighted by atomic mass is 32.2. The van der Waals surface area contributed by atoms with Gasteiger partial charge in [-0.1, -0.05) is 18.2 Å². The van der Waals surface area contributed by atoms with Crippen molar-refractivity contribution in [3.63, 3.8) is 0 Å². The van der Waals surface area contributed by atoms with Crippen LogP contribution in [0.1, 0.15) is 16.8 Å². The van der Waals surface area contributed by atoms with E-state index in [1.165, 1.54) is 0 Å². The third-order valence-electron chi connectivity index (χ3n) is 5.88. The number of amides is 1. The zero-order chi connectivity index (χ0) is 19.7. The summed E-state index contributed by atoms with van der Waals surface area (Å²) < 4.78 is 30.7. The number of ether oxygens (including phenoxy) is 1. The lowest BCUT2D eigenvalue weighted by Crippen LogP contribution is -2.52. The lowest BCUT2D eigenvalue weighted by atomic mass is 10.1. The minimum atomic E-state index is -2.88. The molecule has 2 aliphatic rings. The van der Waals surface area contributed by atoms with Gasteiger partial charge in [0.15, 0.2) is 9.84 Å². The summed E-state index contributed by atoms with van der Waals surface area (Å²) >= 11 is 0. The lowest BCUT2D eigenvalue weighted by Gasteiger charge is -2.37. The molecule has 0 bridgehead atoms. The number of carbonyl (C=O) groups excluding carboxylic acids is 1. The van der Waals surface area contributed by atoms with E-state index in [2.05, 4.69) is 9.47 Å². The van der Waals surface area contributed by atoms with Gasteiger partial charge in [-0.3, -0.25) is 9.69 Å². The minimum Gasteiger partial charge on any atom is -0.383 e. The Labute approximate surface area is 165 Å². The second kappa shape index (κ2) is 7.85. The molecule has 1 aromatic carbocycles. The number of aromatic nitrogens is 1. The number of hydrogen-bond donors (Lipinski definition) is 0. The summed E-state index contributed by atoms with van der Waals surface area (Å²) in [7, 11) is -1.21. The van der Waals surface area contributed by atoms with Gasteiger partial charge >= 0.3 is 0 Å². The fourth-order valence-corrected chi connectivity index (χ4v) is 6.08. The van der Waals surface area contributed by atoms with Gasteiger partial charge in [0.1, 0.15) is 0 Å². The molecule has 4 rings (SSSR count). The largest absolute Gasteiger partial charge is 0.383 e. The van der Waals surface area contributed by atoms with Crippen LogP contribution in [0.25, 0.3) is 10.9 Å². The maximum absolute atomic E-state index is 13.2. The normalized spacial score (nSPS) is 22.8. The Morgan fingerprint density at radius 1 is 1.18 bits per heavy atom. The molecule has 0 N–H and O–H groups in total. The van der Waals surface area contributed by atoms with Crippen LogP contribution in [0.4, 0.5) is 0 Å². The summed E-state index contributed by atoms with van der Waals surface area (Å²) in [5, 5.41) is 0.966. The van der Waals surface area contributed by atoms with E-state index in [-0.39, 0.29) is 23.5 Å². The van der Waals surface area contributed by atoms with E-state index in [4.69, 9.17) is 4.74 Å². The molecule has 152 valence electrons. The quantitative estimate of drug-likeness (QED) is 0.748. The first kappa shape index (κ1) is 19.4. The van der Waals surface area contributed by atoms with Gasteiger partial charge in [0.25, 0.3) is 5.91 Å². The van der Waals surface area contributed by atoms with Crippen LogP contribution in [0.5, 0.6) is 0 Å². The summed E-state index contributed by atoms with van der Waals surface area (Å²) in [5.74, 6) is 0.595. The zero-order valence-corrected chi connectivity index (χ0v) is 17.0. The Balaban J connectivity index is 1.47. The molecule has 2 saturated heterocycles. The SMILES string of the molecule is COCCn1cc(C(=O)N2CCN([C@@H]3CCS(=O)(=O)C3)CC2)c2ccccc21. The highest BCUT2D eigenvalue weighted by Crippen LogP contribution is 2.24. The fourth-order valence-electron chi connectivity index (χ4n) is 4.32. The minimum absolute atomic E-state index is 0.0473. The number of piperazine rings is 1. The van der Waals surface area contributed by atoms with E-state index < -0.39 is 9.84 Å². The predicted octanol–water partition coefficient (Wildman–Crippen LogP) is 1.23. The molecule has 1 amide bonds. The molecule has 0 radical (unpaired) electrons. The van der Waals surface area contributed by atoms with E-state index in [0.29, 0.717) is 32.7 Å². The molecule has 8 heteroatoms. The Kier molecular flexibility index (Phi) is 5.44. The molecule has 0 spiro atoms. The van der Waals surface area contributed by atoms with Crippen molar-refractivity contribution in [2.45, 2.75) is 19.0 Å². The first-order valence-corrected chi connectivity index (χ1v) is 11.6. The highest BCUT2D eigenvalue weighted by Gasteiger charge is 2.34. The number of benzene rings is 1. The van der Waals surface area contributed by atoms with Crippen LogP contribution in [-0.2, 0) is 21.1 Å². The smallest absolute Gasteiger partial charge is 0.256 e. The number of hydrogen-bond acceptors (Lipinski definition) is 5. The first-order chi connectivity index (χ1) is 13.5. The Bertz CT molecular complexity index is 961. The van der Waals surface area contributed by atoms with Gasteiger partial charge in [0.2, 0.25) is 0 Å². The van der Waals surface area contributed by atoms with Crippen LogP contribution in [0, 0.1) is 0 Å². The zero-order valence-electron chi connectivity index (χ0n) is 16.2. The third kappa shape index (κ3) is 3.81. The molecule has 1 aromatic heterocycles. The van der Waals surface area contributed by atoms with Crippen molar-refractivity contribution in [3.8, 4) is 0 Å². The Hall–Kier alpha value is -1.90. The van der Waals surface area contributed by atoms with Crippen molar-refractivity contribution in [3.05, 3.63) is 36.0 Å². The second-order valence-electron chi connectivity index (χ2n) is 7.63. The molecule has 3 heterocycles. The van der Waals surface area contributed by atoms with E-state index in [9.17, 15) is 13.2 Å². The van der Waals surface area contributed by atoms with Crippen LogP contribution >= 0.6 is 0 Å². The van der Waals surface area contributed by atoms with Crippen molar-refractivity contribution < 1.29 is 17.9 Å². The van der Waals surface area contributed by atoms with Crippen molar-refractivity contribution in [1.82, 2.24) is 14.4 Å². The number of para-hydroxylation sites is 1. The lowest BCUT2D eigenvalue weighted by molar-refractivity contribution is 0.0589. The Morgan fingerprint density at radius 3 is 2.61 bits per heavy atom. The molecule has 28 heavy (non-hydrogen) atoms. The van der Waals surface area contributed by atoms with Gasteiger partial charge in [0, 0.05) is 63.0 Å². The van der Waals surface area contributed by atoms with Gasteiger partial charge in [-0.25, -0.2) is 8.42 Å². The van der Waals surface area contributed by atoms with Gasteiger partial charge in [0.05, 0.1) is 23.7 Å². The van der Waals surface area contributed by atoms with E-state index in [0.717, 1.165) is 29.6 Å². The molecular formula is C20H27N3O4S. The van der Waals surface area contributed by atoms with Crippen LogP contribution in [0.3, 0.4) is 0 Å². The number of sulfone groups is 1. The maximum atomic E-state index is 13.2. The van der Waals surface area contributed by atoms with E-state index in [1.807, 2.05) is 35.4 Å². The number of carbonyl (C=O) groups is 1. The summed E-state index contributed by atoms with van der Waals surface area (Å²) in [5.41, 5.74) is 1.77. The van der Waals surface area contributed by atoms with Crippen LogP contribution in [0.2, 0.25) is 0 Å². The van der Waals surface area contributed by atoms with Crippen molar-refractivity contribution in [2.75, 3.05) is 51.4 Å². The first-order valence-electron chi connectivity index (χ1n) is 9.79. The number of nitrogens with zero attached hydrogens (tertiary/aromatic N) is 3. The fraction of sp³-hybridized carbons (Fsp3) is 0.550. The number of methoxy groups -OCH3 is 1. The van der Waals surface area contributed by atoms with Gasteiger partial charge < -0.3 is 14.2 Å². The summed E-state index contributed by atoms with van der Waals surface area (Å²) in [4.78, 5) is 17.3. The number of fused-ring (bicyclic) bond motifs is 1. The summed E-state index contributed by atoms with van der Waals surface area (Å²) in [6.07, 6.45) is 2.64. The second-order valence-corrected chi connectivity index (χ2v) is 9.86. The van der Waals surface area contributed by atoms with Crippen molar-refractivity contribution >= 4 is 26.6 Å². The van der Waals surface area contributed by atoms with Gasteiger partial charge in [-0.2, -0.15) is 0 Å². The molecular weight excluding hydrogens is 378 g/mol. The summed E-state index contributed by atoms with van der Waals surface area (Å²) in [6, 6.07) is 8.07. The Morgan fingerprint density at radius 2 is 1.93 bits per heavy atom. The third-order valence-corrected chi connectivity index (χ3v) is 7.63. The van der Waals surface area contributed by atoms with Gasteiger partial charge in [-0.15, -0.1) is 0 Å².